The van der Waals surface area contributed by atoms with Gasteiger partial charge in [-0.1, -0.05) is 36.9 Å². The second-order valence-electron chi connectivity index (χ2n) is 6.55. The summed E-state index contributed by atoms with van der Waals surface area (Å²) in [5.74, 6) is -1.57. The maximum Gasteiger partial charge on any atom is 0.337 e. The molecule has 0 unspecified atom stereocenters. The first kappa shape index (κ1) is 18.5. The third-order valence-electron chi connectivity index (χ3n) is 5.01. The number of rotatable bonds is 4. The summed E-state index contributed by atoms with van der Waals surface area (Å²) in [6.07, 6.45) is 5.35. The van der Waals surface area contributed by atoms with E-state index in [1.54, 1.807) is 18.2 Å². The first-order chi connectivity index (χ1) is 12.5. The maximum atomic E-state index is 13.0. The van der Waals surface area contributed by atoms with Crippen molar-refractivity contribution in [3.8, 4) is 0 Å². The van der Waals surface area contributed by atoms with E-state index in [2.05, 4.69) is 0 Å². The van der Waals surface area contributed by atoms with Crippen LogP contribution in [0, 0.1) is 0 Å². The largest absolute Gasteiger partial charge is 0.465 e. The van der Waals surface area contributed by atoms with Gasteiger partial charge in [-0.3, -0.25) is 9.59 Å². The van der Waals surface area contributed by atoms with Crippen LogP contribution in [-0.2, 0) is 14.3 Å². The lowest BCUT2D eigenvalue weighted by atomic mass is 9.94. The predicted molar refractivity (Wildman–Crippen MR) is 97.8 cm³/mol. The molecule has 0 spiro atoms. The van der Waals surface area contributed by atoms with Crippen molar-refractivity contribution in [2.75, 3.05) is 19.1 Å². The molecular weight excluding hydrogens is 356 g/mol. The van der Waals surface area contributed by atoms with Crippen molar-refractivity contribution in [3.05, 3.63) is 40.6 Å². The highest BCUT2D eigenvalue weighted by atomic mass is 35.5. The first-order valence-electron chi connectivity index (χ1n) is 8.65. The average molecular weight is 377 g/mol. The van der Waals surface area contributed by atoms with Gasteiger partial charge in [0, 0.05) is 13.1 Å². The number of ether oxygens (including phenoxy) is 1. The molecule has 138 valence electrons. The van der Waals surface area contributed by atoms with E-state index in [4.69, 9.17) is 16.3 Å². The average Bonchev–Trinajstić information content (AvgIpc) is 2.90. The predicted octanol–water partition coefficient (Wildman–Crippen LogP) is 3.06. The van der Waals surface area contributed by atoms with Gasteiger partial charge in [-0.2, -0.15) is 0 Å². The molecule has 2 aliphatic rings. The van der Waals surface area contributed by atoms with Crippen LogP contribution in [0.5, 0.6) is 0 Å². The molecule has 2 amide bonds. The summed E-state index contributed by atoms with van der Waals surface area (Å²) < 4.78 is 4.70. The number of hydrogen-bond donors (Lipinski definition) is 0. The molecule has 1 saturated carbocycles. The summed E-state index contributed by atoms with van der Waals surface area (Å²) in [4.78, 5) is 40.2. The molecule has 0 saturated heterocycles. The Balaban J connectivity index is 1.89. The maximum absolute atomic E-state index is 13.0. The van der Waals surface area contributed by atoms with Crippen LogP contribution in [0.15, 0.2) is 35.0 Å². The Morgan fingerprint density at radius 1 is 1.19 bits per heavy atom. The number of halogens is 1. The van der Waals surface area contributed by atoms with Gasteiger partial charge >= 0.3 is 5.97 Å². The highest BCUT2D eigenvalue weighted by molar-refractivity contribution is 6.52. The Bertz CT molecular complexity index is 783. The normalized spacial score (nSPS) is 18.5. The molecule has 1 fully saturated rings. The lowest BCUT2D eigenvalue weighted by Gasteiger charge is -2.33. The number of esters is 1. The third kappa shape index (κ3) is 3.21. The van der Waals surface area contributed by atoms with E-state index in [1.165, 1.54) is 19.6 Å². The van der Waals surface area contributed by atoms with Crippen LogP contribution in [-0.4, -0.2) is 42.9 Å². The van der Waals surface area contributed by atoms with Crippen LogP contribution in [0.4, 0.5) is 5.69 Å². The fourth-order valence-electron chi connectivity index (χ4n) is 3.57. The van der Waals surface area contributed by atoms with Crippen molar-refractivity contribution in [2.24, 2.45) is 0 Å². The van der Waals surface area contributed by atoms with Crippen LogP contribution in [0.2, 0.25) is 0 Å². The molecule has 0 atom stereocenters. The van der Waals surface area contributed by atoms with Crippen molar-refractivity contribution >= 4 is 35.1 Å². The molecule has 0 aromatic heterocycles. The van der Waals surface area contributed by atoms with Gasteiger partial charge in [-0.25, -0.2) is 9.69 Å². The number of nitrogens with zero attached hydrogens (tertiary/aromatic N) is 2. The minimum Gasteiger partial charge on any atom is -0.465 e. The Labute approximate surface area is 157 Å². The van der Waals surface area contributed by atoms with E-state index in [-0.39, 0.29) is 22.3 Å². The molecule has 7 heteroatoms. The van der Waals surface area contributed by atoms with Crippen molar-refractivity contribution in [1.29, 1.82) is 0 Å². The summed E-state index contributed by atoms with van der Waals surface area (Å²) in [6.45, 7) is 0. The molecule has 1 aromatic rings. The summed E-state index contributed by atoms with van der Waals surface area (Å²) >= 11 is 6.25. The zero-order chi connectivity index (χ0) is 18.8. The van der Waals surface area contributed by atoms with Crippen molar-refractivity contribution < 1.29 is 19.1 Å². The Kier molecular flexibility index (Phi) is 5.32. The molecule has 0 radical (unpaired) electrons. The fourth-order valence-corrected chi connectivity index (χ4v) is 3.87. The van der Waals surface area contributed by atoms with Gasteiger partial charge in [-0.15, -0.1) is 0 Å². The number of carbonyl (C=O) groups is 3. The molecule has 6 nitrogen and oxygen atoms in total. The molecule has 0 bridgehead atoms. The molecule has 1 aliphatic carbocycles. The monoisotopic (exact) mass is 376 g/mol. The second-order valence-corrected chi connectivity index (χ2v) is 6.93. The molecule has 1 aliphatic heterocycles. The SMILES string of the molecule is COC(=O)c1cccc(N2C(=O)C(Cl)=C(N(C)C3CCCCC3)C2=O)c1. The van der Waals surface area contributed by atoms with Crippen molar-refractivity contribution in [1.82, 2.24) is 4.90 Å². The molecule has 3 rings (SSSR count). The summed E-state index contributed by atoms with van der Waals surface area (Å²) in [6, 6.07) is 6.40. The zero-order valence-corrected chi connectivity index (χ0v) is 15.6. The quantitative estimate of drug-likeness (QED) is 0.596. The van der Waals surface area contributed by atoms with Gasteiger partial charge < -0.3 is 9.64 Å². The van der Waals surface area contributed by atoms with E-state index in [0.717, 1.165) is 30.6 Å². The minimum atomic E-state index is -0.573. The lowest BCUT2D eigenvalue weighted by molar-refractivity contribution is -0.121. The number of likely N-dealkylation sites (N-methyl/N-ethyl adjacent to an activating group) is 1. The van der Waals surface area contributed by atoms with E-state index in [1.807, 2.05) is 11.9 Å². The first-order valence-corrected chi connectivity index (χ1v) is 9.03. The Hall–Kier alpha value is -2.34. The number of imide groups is 1. The standard InChI is InChI=1S/C19H21ClN2O4/c1-21(13-8-4-3-5-9-13)16-15(20)17(23)22(18(16)24)14-10-6-7-12(11-14)19(25)26-2/h6-7,10-11,13H,3-5,8-9H2,1-2H3. The number of hydrogen-bond acceptors (Lipinski definition) is 5. The van der Waals surface area contributed by atoms with Gasteiger partial charge in [0.2, 0.25) is 0 Å². The van der Waals surface area contributed by atoms with Crippen LogP contribution < -0.4 is 4.90 Å². The smallest absolute Gasteiger partial charge is 0.337 e. The van der Waals surface area contributed by atoms with Gasteiger partial charge in [0.15, 0.2) is 0 Å². The van der Waals surface area contributed by atoms with Crippen LogP contribution in [0.25, 0.3) is 0 Å². The van der Waals surface area contributed by atoms with Gasteiger partial charge in [0.05, 0.1) is 18.4 Å². The highest BCUT2D eigenvalue weighted by Crippen LogP contribution is 2.34. The minimum absolute atomic E-state index is 0.0773. The van der Waals surface area contributed by atoms with Gasteiger partial charge in [0.25, 0.3) is 11.8 Å². The Morgan fingerprint density at radius 3 is 2.54 bits per heavy atom. The number of benzene rings is 1. The van der Waals surface area contributed by atoms with E-state index in [0.29, 0.717) is 5.69 Å². The molecule has 1 heterocycles. The van der Waals surface area contributed by atoms with Gasteiger partial charge in [-0.05, 0) is 31.0 Å². The molecule has 26 heavy (non-hydrogen) atoms. The molecular formula is C19H21ClN2O4. The van der Waals surface area contributed by atoms with Crippen LogP contribution >= 0.6 is 11.6 Å². The lowest BCUT2D eigenvalue weighted by Crippen LogP contribution is -2.38. The fraction of sp³-hybridized carbons (Fsp3) is 0.421. The zero-order valence-electron chi connectivity index (χ0n) is 14.8. The van der Waals surface area contributed by atoms with E-state index >= 15 is 0 Å². The van der Waals surface area contributed by atoms with Crippen LogP contribution in [0.1, 0.15) is 42.5 Å². The number of methoxy groups -OCH3 is 1. The summed E-state index contributed by atoms with van der Waals surface area (Å²) in [5.41, 5.74) is 0.788. The second kappa shape index (κ2) is 7.50. The number of carbonyl (C=O) groups excluding carboxylic acids is 3. The van der Waals surface area contributed by atoms with Crippen molar-refractivity contribution in [2.45, 2.75) is 38.1 Å². The highest BCUT2D eigenvalue weighted by Gasteiger charge is 2.42. The van der Waals surface area contributed by atoms with Crippen molar-refractivity contribution in [3.63, 3.8) is 0 Å². The van der Waals surface area contributed by atoms with E-state index < -0.39 is 17.8 Å². The molecule has 0 N–H and O–H groups in total. The third-order valence-corrected chi connectivity index (χ3v) is 5.35. The molecule has 1 aromatic carbocycles. The van der Waals surface area contributed by atoms with Crippen LogP contribution in [0.3, 0.4) is 0 Å². The topological polar surface area (TPSA) is 66.9 Å². The Morgan fingerprint density at radius 2 is 1.88 bits per heavy atom. The number of amides is 2. The number of anilines is 1. The van der Waals surface area contributed by atoms with E-state index in [9.17, 15) is 14.4 Å². The summed E-state index contributed by atoms with van der Waals surface area (Å²) in [5, 5.41) is -0.0773. The van der Waals surface area contributed by atoms with Gasteiger partial charge in [0.1, 0.15) is 10.7 Å². The summed E-state index contributed by atoms with van der Waals surface area (Å²) in [7, 11) is 3.09.